The standard InChI is InChI=1S/C25H18N8O/c1-15-24-23(33(31-15)19-7-6-18-13-27-30-20(18)10-19)11-21(29-25(24)34)22-8-9-28-32(22)14-17-4-2-16(12-26)3-5-17/h2-11,13H,14H2,1H3,(H,27,30)(H,29,34). The van der Waals surface area contributed by atoms with Gasteiger partial charge in [0.15, 0.2) is 0 Å². The van der Waals surface area contributed by atoms with Crippen molar-refractivity contribution in [2.45, 2.75) is 13.5 Å². The zero-order valence-corrected chi connectivity index (χ0v) is 18.1. The second-order valence-electron chi connectivity index (χ2n) is 8.09. The van der Waals surface area contributed by atoms with Crippen LogP contribution in [0.4, 0.5) is 0 Å². The van der Waals surface area contributed by atoms with Crippen molar-refractivity contribution < 1.29 is 0 Å². The Morgan fingerprint density at radius 2 is 1.94 bits per heavy atom. The summed E-state index contributed by atoms with van der Waals surface area (Å²) in [4.78, 5) is 16.1. The first-order chi connectivity index (χ1) is 16.6. The SMILES string of the molecule is Cc1nn(-c2ccc3cn[nH]c3c2)c2cc(-c3ccnn3Cc3ccc(C#N)cc3)[nH]c(=O)c12. The van der Waals surface area contributed by atoms with Gasteiger partial charge in [-0.1, -0.05) is 12.1 Å². The molecule has 0 aliphatic carbocycles. The summed E-state index contributed by atoms with van der Waals surface area (Å²) in [5, 5.41) is 26.7. The molecule has 9 nitrogen and oxygen atoms in total. The molecule has 4 heterocycles. The van der Waals surface area contributed by atoms with E-state index in [-0.39, 0.29) is 5.56 Å². The van der Waals surface area contributed by atoms with Crippen LogP contribution in [-0.2, 0) is 6.54 Å². The lowest BCUT2D eigenvalue weighted by atomic mass is 10.1. The Labute approximate surface area is 192 Å². The van der Waals surface area contributed by atoms with Crippen molar-refractivity contribution in [1.82, 2.24) is 34.7 Å². The second-order valence-corrected chi connectivity index (χ2v) is 8.09. The summed E-state index contributed by atoms with van der Waals surface area (Å²) in [6, 6.07) is 19.2. The molecule has 0 fully saturated rings. The molecule has 0 bridgehead atoms. The van der Waals surface area contributed by atoms with Gasteiger partial charge in [0.05, 0.1) is 63.6 Å². The molecule has 0 atom stereocenters. The first-order valence-corrected chi connectivity index (χ1v) is 10.7. The maximum Gasteiger partial charge on any atom is 0.259 e. The molecule has 6 rings (SSSR count). The number of nitriles is 1. The summed E-state index contributed by atoms with van der Waals surface area (Å²) in [5.41, 5.74) is 5.91. The van der Waals surface area contributed by atoms with Gasteiger partial charge >= 0.3 is 0 Å². The molecule has 164 valence electrons. The van der Waals surface area contributed by atoms with Crippen LogP contribution in [0.3, 0.4) is 0 Å². The van der Waals surface area contributed by atoms with Gasteiger partial charge in [-0.2, -0.15) is 20.6 Å². The Balaban J connectivity index is 1.47. The van der Waals surface area contributed by atoms with Crippen molar-refractivity contribution in [3.63, 3.8) is 0 Å². The number of fused-ring (bicyclic) bond motifs is 2. The topological polar surface area (TPSA) is 121 Å². The molecular weight excluding hydrogens is 428 g/mol. The van der Waals surface area contributed by atoms with Crippen LogP contribution in [0.15, 0.2) is 71.8 Å². The highest BCUT2D eigenvalue weighted by atomic mass is 16.1. The van der Waals surface area contributed by atoms with E-state index in [4.69, 9.17) is 5.26 Å². The highest BCUT2D eigenvalue weighted by Gasteiger charge is 2.17. The minimum atomic E-state index is -0.204. The Kier molecular flexibility index (Phi) is 4.38. The van der Waals surface area contributed by atoms with E-state index in [2.05, 4.69) is 31.4 Å². The predicted octanol–water partition coefficient (Wildman–Crippen LogP) is 3.68. The lowest BCUT2D eigenvalue weighted by molar-refractivity contribution is 0.692. The zero-order valence-electron chi connectivity index (χ0n) is 18.1. The van der Waals surface area contributed by atoms with E-state index in [1.165, 1.54) is 0 Å². The van der Waals surface area contributed by atoms with E-state index in [1.807, 2.05) is 54.1 Å². The molecule has 0 saturated carbocycles. The summed E-state index contributed by atoms with van der Waals surface area (Å²) in [6.07, 6.45) is 3.47. The van der Waals surface area contributed by atoms with Crippen LogP contribution < -0.4 is 5.56 Å². The van der Waals surface area contributed by atoms with Crippen LogP contribution in [0.1, 0.15) is 16.8 Å². The first-order valence-electron chi connectivity index (χ1n) is 10.7. The first kappa shape index (κ1) is 19.7. The third-order valence-corrected chi connectivity index (χ3v) is 5.93. The molecule has 0 radical (unpaired) electrons. The molecule has 0 unspecified atom stereocenters. The third kappa shape index (κ3) is 3.17. The number of pyridine rings is 1. The molecule has 6 aromatic rings. The number of nitrogens with one attached hydrogen (secondary N) is 2. The smallest absolute Gasteiger partial charge is 0.259 e. The number of H-pyrrole nitrogens is 2. The molecule has 0 amide bonds. The molecule has 2 aromatic carbocycles. The summed E-state index contributed by atoms with van der Waals surface area (Å²) in [7, 11) is 0. The van der Waals surface area contributed by atoms with Crippen LogP contribution >= 0.6 is 0 Å². The fraction of sp³-hybridized carbons (Fsp3) is 0.0800. The Hall–Kier alpha value is -4.97. The van der Waals surface area contributed by atoms with Crippen LogP contribution in [-0.4, -0.2) is 34.7 Å². The van der Waals surface area contributed by atoms with Crippen molar-refractivity contribution in [1.29, 1.82) is 5.26 Å². The van der Waals surface area contributed by atoms with Gasteiger partial charge in [-0.3, -0.25) is 14.6 Å². The van der Waals surface area contributed by atoms with Gasteiger partial charge in [-0.25, -0.2) is 4.68 Å². The number of hydrogen-bond donors (Lipinski definition) is 2. The number of benzene rings is 2. The number of nitrogens with zero attached hydrogens (tertiary/aromatic N) is 6. The largest absolute Gasteiger partial charge is 0.320 e. The van der Waals surface area contributed by atoms with Gasteiger partial charge in [-0.05, 0) is 55.0 Å². The fourth-order valence-electron chi connectivity index (χ4n) is 4.25. The molecule has 0 aliphatic rings. The maximum absolute atomic E-state index is 13.1. The van der Waals surface area contributed by atoms with Crippen LogP contribution in [0.2, 0.25) is 0 Å². The molecule has 2 N–H and O–H groups in total. The van der Waals surface area contributed by atoms with Crippen molar-refractivity contribution in [2.75, 3.05) is 0 Å². The van der Waals surface area contributed by atoms with Crippen molar-refractivity contribution in [3.8, 4) is 23.1 Å². The normalized spacial score (nSPS) is 11.3. The minimum Gasteiger partial charge on any atom is -0.320 e. The number of aryl methyl sites for hydroxylation is 1. The molecular formula is C25H18N8O. The average molecular weight is 446 g/mol. The van der Waals surface area contributed by atoms with Crippen LogP contribution in [0.25, 0.3) is 38.9 Å². The third-order valence-electron chi connectivity index (χ3n) is 5.93. The number of rotatable bonds is 4. The fourth-order valence-corrected chi connectivity index (χ4v) is 4.25. The quantitative estimate of drug-likeness (QED) is 0.428. The summed E-state index contributed by atoms with van der Waals surface area (Å²) >= 11 is 0. The van der Waals surface area contributed by atoms with Gasteiger partial charge in [0.2, 0.25) is 0 Å². The molecule has 0 spiro atoms. The number of aromatic nitrogens is 7. The average Bonchev–Trinajstić information content (AvgIpc) is 3.58. The highest BCUT2D eigenvalue weighted by molar-refractivity contribution is 5.87. The van der Waals surface area contributed by atoms with Crippen LogP contribution in [0, 0.1) is 18.3 Å². The Morgan fingerprint density at radius 1 is 1.09 bits per heavy atom. The van der Waals surface area contributed by atoms with E-state index in [9.17, 15) is 4.79 Å². The lowest BCUT2D eigenvalue weighted by Crippen LogP contribution is -2.11. The maximum atomic E-state index is 13.1. The lowest BCUT2D eigenvalue weighted by Gasteiger charge is -2.09. The molecule has 9 heteroatoms. The van der Waals surface area contributed by atoms with E-state index in [1.54, 1.807) is 29.2 Å². The monoisotopic (exact) mass is 446 g/mol. The summed E-state index contributed by atoms with van der Waals surface area (Å²) in [6.45, 7) is 2.33. The molecule has 0 aliphatic heterocycles. The Bertz CT molecular complexity index is 1780. The van der Waals surface area contributed by atoms with Gasteiger partial charge in [0, 0.05) is 11.6 Å². The molecule has 0 saturated heterocycles. The van der Waals surface area contributed by atoms with E-state index in [0.717, 1.165) is 27.8 Å². The zero-order chi connectivity index (χ0) is 23.2. The Morgan fingerprint density at radius 3 is 2.76 bits per heavy atom. The summed E-state index contributed by atoms with van der Waals surface area (Å²) in [5.74, 6) is 0. The van der Waals surface area contributed by atoms with Gasteiger partial charge in [0.25, 0.3) is 5.56 Å². The van der Waals surface area contributed by atoms with Crippen LogP contribution in [0.5, 0.6) is 0 Å². The molecule has 4 aromatic heterocycles. The van der Waals surface area contributed by atoms with Crippen molar-refractivity contribution in [2.24, 2.45) is 0 Å². The van der Waals surface area contributed by atoms with E-state index < -0.39 is 0 Å². The molecule has 34 heavy (non-hydrogen) atoms. The van der Waals surface area contributed by atoms with Crippen molar-refractivity contribution >= 4 is 21.8 Å². The second kappa shape index (κ2) is 7.56. The van der Waals surface area contributed by atoms with Crippen molar-refractivity contribution in [3.05, 3.63) is 94.2 Å². The van der Waals surface area contributed by atoms with Gasteiger partial charge in [0.1, 0.15) is 0 Å². The number of hydrogen-bond acceptors (Lipinski definition) is 5. The van der Waals surface area contributed by atoms with Gasteiger partial charge < -0.3 is 4.98 Å². The summed E-state index contributed by atoms with van der Waals surface area (Å²) < 4.78 is 3.60. The minimum absolute atomic E-state index is 0.204. The van der Waals surface area contributed by atoms with E-state index >= 15 is 0 Å². The van der Waals surface area contributed by atoms with E-state index in [0.29, 0.717) is 34.4 Å². The highest BCUT2D eigenvalue weighted by Crippen LogP contribution is 2.25. The predicted molar refractivity (Wildman–Crippen MR) is 128 cm³/mol. The van der Waals surface area contributed by atoms with Gasteiger partial charge in [-0.15, -0.1) is 0 Å². The number of aromatic amines is 2.